The van der Waals surface area contributed by atoms with Crippen molar-refractivity contribution in [3.63, 3.8) is 0 Å². The second-order valence-corrected chi connectivity index (χ2v) is 12.6. The molecule has 0 spiro atoms. The van der Waals surface area contributed by atoms with Crippen molar-refractivity contribution in [2.75, 3.05) is 18.0 Å². The molecular formula is C31H39N3O5S. The molecule has 0 unspecified atom stereocenters. The average molecular weight is 566 g/mol. The molecule has 0 aromatic heterocycles. The van der Waals surface area contributed by atoms with E-state index in [0.29, 0.717) is 12.2 Å². The van der Waals surface area contributed by atoms with Gasteiger partial charge in [0.1, 0.15) is 18.3 Å². The Kier molecular flexibility index (Phi) is 9.98. The second kappa shape index (κ2) is 13.0. The standard InChI is InChI=1S/C31H39N3O5S/c1-7-28(30(36)32-31(3,4)5)33(21-24-12-9-8-10-13-24)29(35)22-34(25-14-11-15-26(20-25)39-6)40(37,38)27-18-16-23(2)17-19-27/h8-20,28H,7,21-22H2,1-6H3,(H,32,36)/t28-/m1/s1. The lowest BCUT2D eigenvalue weighted by atomic mass is 10.1. The molecule has 40 heavy (non-hydrogen) atoms. The van der Waals surface area contributed by atoms with Crippen LogP contribution in [0.4, 0.5) is 5.69 Å². The summed E-state index contributed by atoms with van der Waals surface area (Å²) in [5.74, 6) is -0.349. The number of carbonyl (C=O) groups is 2. The lowest BCUT2D eigenvalue weighted by Crippen LogP contribution is -2.55. The molecule has 0 aliphatic heterocycles. The minimum Gasteiger partial charge on any atom is -0.497 e. The number of carbonyl (C=O) groups excluding carboxylic acids is 2. The fourth-order valence-electron chi connectivity index (χ4n) is 4.28. The van der Waals surface area contributed by atoms with Crippen molar-refractivity contribution in [3.8, 4) is 5.75 Å². The third-order valence-corrected chi connectivity index (χ3v) is 8.10. The van der Waals surface area contributed by atoms with Gasteiger partial charge < -0.3 is 15.0 Å². The zero-order valence-electron chi connectivity index (χ0n) is 24.0. The van der Waals surface area contributed by atoms with E-state index < -0.39 is 34.1 Å². The van der Waals surface area contributed by atoms with Gasteiger partial charge in [-0.3, -0.25) is 13.9 Å². The van der Waals surface area contributed by atoms with Gasteiger partial charge in [0.2, 0.25) is 11.8 Å². The number of nitrogens with zero attached hydrogens (tertiary/aromatic N) is 2. The van der Waals surface area contributed by atoms with Crippen LogP contribution >= 0.6 is 0 Å². The molecule has 3 aromatic rings. The Morgan fingerprint density at radius 1 is 0.950 bits per heavy atom. The Bertz CT molecular complexity index is 1400. The highest BCUT2D eigenvalue weighted by molar-refractivity contribution is 7.92. The predicted octanol–water partition coefficient (Wildman–Crippen LogP) is 4.92. The molecule has 1 N–H and O–H groups in total. The van der Waals surface area contributed by atoms with Crippen LogP contribution in [0, 0.1) is 6.92 Å². The molecule has 0 aliphatic carbocycles. The highest BCUT2D eigenvalue weighted by atomic mass is 32.2. The van der Waals surface area contributed by atoms with E-state index in [-0.39, 0.29) is 23.0 Å². The molecular weight excluding hydrogens is 526 g/mol. The van der Waals surface area contributed by atoms with Crippen molar-refractivity contribution < 1.29 is 22.7 Å². The molecule has 0 saturated carbocycles. The van der Waals surface area contributed by atoms with E-state index in [1.807, 2.05) is 65.0 Å². The molecule has 214 valence electrons. The van der Waals surface area contributed by atoms with Crippen molar-refractivity contribution in [2.45, 2.75) is 64.1 Å². The van der Waals surface area contributed by atoms with Gasteiger partial charge in [-0.1, -0.05) is 61.0 Å². The van der Waals surface area contributed by atoms with Crippen LogP contribution in [0.25, 0.3) is 0 Å². The van der Waals surface area contributed by atoms with E-state index in [0.717, 1.165) is 15.4 Å². The first-order valence-electron chi connectivity index (χ1n) is 13.2. The number of rotatable bonds is 11. The monoisotopic (exact) mass is 565 g/mol. The highest BCUT2D eigenvalue weighted by Gasteiger charge is 2.34. The van der Waals surface area contributed by atoms with Crippen molar-refractivity contribution in [1.29, 1.82) is 0 Å². The number of hydrogen-bond acceptors (Lipinski definition) is 5. The van der Waals surface area contributed by atoms with Gasteiger partial charge in [0.05, 0.1) is 17.7 Å². The predicted molar refractivity (Wildman–Crippen MR) is 158 cm³/mol. The molecule has 2 amide bonds. The van der Waals surface area contributed by atoms with Crippen molar-refractivity contribution >= 4 is 27.5 Å². The number of anilines is 1. The van der Waals surface area contributed by atoms with Crippen LogP contribution in [-0.4, -0.2) is 50.4 Å². The number of nitrogens with one attached hydrogen (secondary N) is 1. The van der Waals surface area contributed by atoms with Crippen molar-refractivity contribution in [1.82, 2.24) is 10.2 Å². The second-order valence-electron chi connectivity index (χ2n) is 10.7. The van der Waals surface area contributed by atoms with E-state index in [9.17, 15) is 18.0 Å². The van der Waals surface area contributed by atoms with E-state index >= 15 is 0 Å². The number of amides is 2. The minimum absolute atomic E-state index is 0.0563. The summed E-state index contributed by atoms with van der Waals surface area (Å²) in [6.45, 7) is 8.97. The molecule has 3 aromatic carbocycles. The van der Waals surface area contributed by atoms with Crippen LogP contribution in [0.2, 0.25) is 0 Å². The summed E-state index contributed by atoms with van der Waals surface area (Å²) in [5, 5.41) is 2.97. The maximum absolute atomic E-state index is 14.1. The lowest BCUT2D eigenvalue weighted by molar-refractivity contribution is -0.141. The summed E-state index contributed by atoms with van der Waals surface area (Å²) in [6, 6.07) is 21.6. The van der Waals surface area contributed by atoms with Crippen LogP contribution < -0.4 is 14.4 Å². The van der Waals surface area contributed by atoms with Gasteiger partial charge in [-0.25, -0.2) is 8.42 Å². The molecule has 8 nitrogen and oxygen atoms in total. The fourth-order valence-corrected chi connectivity index (χ4v) is 5.69. The lowest BCUT2D eigenvalue weighted by Gasteiger charge is -2.34. The van der Waals surface area contributed by atoms with E-state index in [1.165, 1.54) is 24.1 Å². The third kappa shape index (κ3) is 7.85. The number of ether oxygens (including phenoxy) is 1. The van der Waals surface area contributed by atoms with Crippen LogP contribution in [-0.2, 0) is 26.2 Å². The molecule has 0 saturated heterocycles. The van der Waals surface area contributed by atoms with Gasteiger partial charge in [0.15, 0.2) is 0 Å². The molecule has 1 atom stereocenters. The molecule has 9 heteroatoms. The SMILES string of the molecule is CC[C@H](C(=O)NC(C)(C)C)N(Cc1ccccc1)C(=O)CN(c1cccc(OC)c1)S(=O)(=O)c1ccc(C)cc1. The fraction of sp³-hybridized carbons (Fsp3) is 0.355. The van der Waals surface area contributed by atoms with E-state index in [2.05, 4.69) is 5.32 Å². The molecule has 0 fully saturated rings. The van der Waals surface area contributed by atoms with Gasteiger partial charge in [0, 0.05) is 18.2 Å². The van der Waals surface area contributed by atoms with Gasteiger partial charge >= 0.3 is 0 Å². The summed E-state index contributed by atoms with van der Waals surface area (Å²) >= 11 is 0. The first kappa shape index (κ1) is 30.7. The summed E-state index contributed by atoms with van der Waals surface area (Å²) in [4.78, 5) is 29.0. The van der Waals surface area contributed by atoms with Crippen LogP contribution in [0.3, 0.4) is 0 Å². The molecule has 0 radical (unpaired) electrons. The summed E-state index contributed by atoms with van der Waals surface area (Å²) < 4.78 is 34.3. The van der Waals surface area contributed by atoms with Gasteiger partial charge in [-0.2, -0.15) is 0 Å². The Hall–Kier alpha value is -3.85. The Labute approximate surface area is 238 Å². The number of aryl methyl sites for hydroxylation is 1. The topological polar surface area (TPSA) is 96.0 Å². The van der Waals surface area contributed by atoms with Gasteiger partial charge in [-0.15, -0.1) is 0 Å². The molecule has 3 rings (SSSR count). The van der Waals surface area contributed by atoms with Gasteiger partial charge in [0.25, 0.3) is 10.0 Å². The zero-order chi connectivity index (χ0) is 29.5. The third-order valence-electron chi connectivity index (χ3n) is 6.31. The Morgan fingerprint density at radius 2 is 1.60 bits per heavy atom. The van der Waals surface area contributed by atoms with E-state index in [4.69, 9.17) is 4.74 Å². The quantitative estimate of drug-likeness (QED) is 0.356. The minimum atomic E-state index is -4.15. The van der Waals surface area contributed by atoms with Crippen molar-refractivity contribution in [2.24, 2.45) is 0 Å². The summed E-state index contributed by atoms with van der Waals surface area (Å²) in [7, 11) is -2.66. The largest absolute Gasteiger partial charge is 0.497 e. The maximum atomic E-state index is 14.1. The van der Waals surface area contributed by atoms with Crippen molar-refractivity contribution in [3.05, 3.63) is 90.0 Å². The summed E-state index contributed by atoms with van der Waals surface area (Å²) in [6.07, 6.45) is 0.352. The zero-order valence-corrected chi connectivity index (χ0v) is 24.9. The summed E-state index contributed by atoms with van der Waals surface area (Å²) in [5.41, 5.74) is 1.51. The maximum Gasteiger partial charge on any atom is 0.264 e. The first-order valence-corrected chi connectivity index (χ1v) is 14.7. The van der Waals surface area contributed by atoms with Gasteiger partial charge in [-0.05, 0) is 63.9 Å². The smallest absolute Gasteiger partial charge is 0.264 e. The van der Waals surface area contributed by atoms with Crippen LogP contribution in [0.1, 0.15) is 45.2 Å². The Balaban J connectivity index is 2.08. The van der Waals surface area contributed by atoms with E-state index in [1.54, 1.807) is 36.4 Å². The number of sulfonamides is 1. The first-order chi connectivity index (χ1) is 18.9. The normalized spacial score (nSPS) is 12.3. The Morgan fingerprint density at radius 3 is 2.17 bits per heavy atom. The number of benzene rings is 3. The molecule has 0 aliphatic rings. The number of hydrogen-bond donors (Lipinski definition) is 1. The van der Waals surface area contributed by atoms with Crippen LogP contribution in [0.5, 0.6) is 5.75 Å². The highest BCUT2D eigenvalue weighted by Crippen LogP contribution is 2.28. The van der Waals surface area contributed by atoms with Crippen LogP contribution in [0.15, 0.2) is 83.8 Å². The average Bonchev–Trinajstić information content (AvgIpc) is 2.91. The molecule has 0 heterocycles. The number of methoxy groups -OCH3 is 1. The molecule has 0 bridgehead atoms.